The molecule has 23 heavy (non-hydrogen) atoms. The quantitative estimate of drug-likeness (QED) is 0.861. The molecule has 4 rings (SSSR count). The van der Waals surface area contributed by atoms with Crippen LogP contribution in [0.15, 0.2) is 35.6 Å². The van der Waals surface area contributed by atoms with E-state index in [0.29, 0.717) is 24.2 Å². The van der Waals surface area contributed by atoms with Gasteiger partial charge >= 0.3 is 0 Å². The number of aliphatic hydroxyl groups is 1. The lowest BCUT2D eigenvalue weighted by atomic mass is 10.1. The average Bonchev–Trinajstić information content (AvgIpc) is 3.14. The van der Waals surface area contributed by atoms with Crippen LogP contribution in [-0.2, 0) is 6.54 Å². The maximum atomic E-state index is 12.4. The number of rotatable bonds is 5. The van der Waals surface area contributed by atoms with E-state index in [9.17, 15) is 9.90 Å². The molecular formula is C16H21N5O2. The molecule has 7 nitrogen and oxygen atoms in total. The lowest BCUT2D eigenvalue weighted by molar-refractivity contribution is 0.165. The van der Waals surface area contributed by atoms with Crippen molar-refractivity contribution in [1.29, 1.82) is 0 Å². The highest BCUT2D eigenvalue weighted by Crippen LogP contribution is 2.33. The van der Waals surface area contributed by atoms with Crippen LogP contribution in [0.1, 0.15) is 31.7 Å². The van der Waals surface area contributed by atoms with E-state index in [0.717, 1.165) is 25.8 Å². The van der Waals surface area contributed by atoms with Gasteiger partial charge in [0.05, 0.1) is 12.1 Å². The molecule has 3 atom stereocenters. The van der Waals surface area contributed by atoms with E-state index in [4.69, 9.17) is 0 Å². The van der Waals surface area contributed by atoms with Gasteiger partial charge in [0.25, 0.3) is 5.56 Å². The van der Waals surface area contributed by atoms with Crippen molar-refractivity contribution >= 4 is 5.82 Å². The maximum Gasteiger partial charge on any atom is 0.293 e. The van der Waals surface area contributed by atoms with Gasteiger partial charge in [0.2, 0.25) is 0 Å². The summed E-state index contributed by atoms with van der Waals surface area (Å²) in [4.78, 5) is 16.6. The molecule has 2 heterocycles. The standard InChI is InChI=1S/C16H21N5O2/c22-14-9-11(10-20-6-1-4-18-20)8-13(14)19-15-16(23)21(7-5-17-15)12-2-3-12/h1,4-7,11-14,22H,2-3,8-10H2,(H,17,19)/t11?,13-,14-/m1/s1. The van der Waals surface area contributed by atoms with Gasteiger partial charge in [-0.25, -0.2) is 4.98 Å². The highest BCUT2D eigenvalue weighted by atomic mass is 16.3. The summed E-state index contributed by atoms with van der Waals surface area (Å²) < 4.78 is 3.64. The topological polar surface area (TPSA) is 85.0 Å². The predicted molar refractivity (Wildman–Crippen MR) is 85.1 cm³/mol. The predicted octanol–water partition coefficient (Wildman–Crippen LogP) is 1.03. The van der Waals surface area contributed by atoms with Crippen LogP contribution in [0.5, 0.6) is 0 Å². The summed E-state index contributed by atoms with van der Waals surface area (Å²) in [5.74, 6) is 0.694. The van der Waals surface area contributed by atoms with Crippen molar-refractivity contribution in [3.63, 3.8) is 0 Å². The van der Waals surface area contributed by atoms with E-state index in [-0.39, 0.29) is 11.6 Å². The van der Waals surface area contributed by atoms with Crippen molar-refractivity contribution in [3.05, 3.63) is 41.2 Å². The summed E-state index contributed by atoms with van der Waals surface area (Å²) in [6, 6.07) is 2.09. The molecular weight excluding hydrogens is 294 g/mol. The second-order valence-corrected chi connectivity index (χ2v) is 6.60. The third-order valence-electron chi connectivity index (χ3n) is 4.76. The van der Waals surface area contributed by atoms with Crippen LogP contribution < -0.4 is 10.9 Å². The first-order valence-corrected chi connectivity index (χ1v) is 8.20. The fourth-order valence-electron chi connectivity index (χ4n) is 3.44. The Morgan fingerprint density at radius 3 is 2.87 bits per heavy atom. The van der Waals surface area contributed by atoms with Gasteiger partial charge in [-0.1, -0.05) is 0 Å². The van der Waals surface area contributed by atoms with Gasteiger partial charge in [0.15, 0.2) is 5.82 Å². The third-order valence-corrected chi connectivity index (χ3v) is 4.76. The molecule has 2 aromatic rings. The van der Waals surface area contributed by atoms with Crippen molar-refractivity contribution in [2.75, 3.05) is 5.32 Å². The van der Waals surface area contributed by atoms with Crippen molar-refractivity contribution in [1.82, 2.24) is 19.3 Å². The molecule has 0 spiro atoms. The van der Waals surface area contributed by atoms with Crippen molar-refractivity contribution < 1.29 is 5.11 Å². The van der Waals surface area contributed by atoms with Crippen LogP contribution in [0.3, 0.4) is 0 Å². The summed E-state index contributed by atoms with van der Waals surface area (Å²) in [6.07, 6.45) is 10.3. The zero-order valence-electron chi connectivity index (χ0n) is 12.9. The SMILES string of the molecule is O=c1c(N[C@@H]2CC(Cn3cccn3)C[C@H]2O)nccn1C1CC1. The highest BCUT2D eigenvalue weighted by Gasteiger charge is 2.34. The number of nitrogens with zero attached hydrogens (tertiary/aromatic N) is 4. The molecule has 2 N–H and O–H groups in total. The Hall–Kier alpha value is -2.15. The van der Waals surface area contributed by atoms with Crippen molar-refractivity contribution in [2.24, 2.45) is 5.92 Å². The van der Waals surface area contributed by atoms with E-state index >= 15 is 0 Å². The second-order valence-electron chi connectivity index (χ2n) is 6.60. The zero-order valence-corrected chi connectivity index (χ0v) is 12.9. The Morgan fingerprint density at radius 1 is 1.26 bits per heavy atom. The van der Waals surface area contributed by atoms with Gasteiger partial charge in [-0.05, 0) is 37.7 Å². The fraction of sp³-hybridized carbons (Fsp3) is 0.562. The molecule has 2 aliphatic rings. The van der Waals surface area contributed by atoms with Crippen LogP contribution in [0.25, 0.3) is 0 Å². The molecule has 0 radical (unpaired) electrons. The van der Waals surface area contributed by atoms with E-state index in [2.05, 4.69) is 15.4 Å². The van der Waals surface area contributed by atoms with Gasteiger partial charge in [-0.2, -0.15) is 5.10 Å². The average molecular weight is 315 g/mol. The number of hydrogen-bond acceptors (Lipinski definition) is 5. The number of hydrogen-bond donors (Lipinski definition) is 2. The van der Waals surface area contributed by atoms with E-state index in [1.54, 1.807) is 23.2 Å². The van der Waals surface area contributed by atoms with Crippen molar-refractivity contribution in [2.45, 2.75) is 50.4 Å². The van der Waals surface area contributed by atoms with Gasteiger partial charge in [0.1, 0.15) is 0 Å². The third kappa shape index (κ3) is 3.01. The number of aromatic nitrogens is 4. The monoisotopic (exact) mass is 315 g/mol. The second kappa shape index (κ2) is 5.81. The Balaban J connectivity index is 1.44. The number of anilines is 1. The summed E-state index contributed by atoms with van der Waals surface area (Å²) in [5, 5.41) is 17.7. The lowest BCUT2D eigenvalue weighted by Gasteiger charge is -2.17. The molecule has 0 amide bonds. The lowest BCUT2D eigenvalue weighted by Crippen LogP contribution is -2.33. The van der Waals surface area contributed by atoms with Crippen molar-refractivity contribution in [3.8, 4) is 0 Å². The molecule has 2 fully saturated rings. The fourth-order valence-corrected chi connectivity index (χ4v) is 3.44. The molecule has 0 saturated heterocycles. The largest absolute Gasteiger partial charge is 0.391 e. The molecule has 2 saturated carbocycles. The molecule has 7 heteroatoms. The molecule has 2 aliphatic carbocycles. The first kappa shape index (κ1) is 14.4. The summed E-state index contributed by atoms with van der Waals surface area (Å²) in [7, 11) is 0. The first-order chi connectivity index (χ1) is 11.2. The number of aliphatic hydroxyl groups excluding tert-OH is 1. The highest BCUT2D eigenvalue weighted by molar-refractivity contribution is 5.33. The van der Waals surface area contributed by atoms with E-state index in [1.165, 1.54) is 0 Å². The van der Waals surface area contributed by atoms with Gasteiger partial charge in [-0.15, -0.1) is 0 Å². The Bertz CT molecular complexity index is 722. The van der Waals surface area contributed by atoms with E-state index in [1.807, 2.05) is 16.9 Å². The molecule has 122 valence electrons. The normalized spacial score (nSPS) is 27.3. The zero-order chi connectivity index (χ0) is 15.8. The molecule has 1 unspecified atom stereocenters. The molecule has 0 aromatic carbocycles. The number of nitrogens with one attached hydrogen (secondary N) is 1. The Morgan fingerprint density at radius 2 is 2.13 bits per heavy atom. The van der Waals surface area contributed by atoms with Crippen LogP contribution in [-0.4, -0.2) is 36.6 Å². The smallest absolute Gasteiger partial charge is 0.293 e. The summed E-state index contributed by atoms with van der Waals surface area (Å²) >= 11 is 0. The minimum absolute atomic E-state index is 0.0854. The molecule has 2 aromatic heterocycles. The molecule has 0 aliphatic heterocycles. The van der Waals surface area contributed by atoms with Crippen LogP contribution in [0, 0.1) is 5.92 Å². The van der Waals surface area contributed by atoms with Crippen LogP contribution in [0.2, 0.25) is 0 Å². The first-order valence-electron chi connectivity index (χ1n) is 8.20. The van der Waals surface area contributed by atoms with Gasteiger partial charge in [-0.3, -0.25) is 9.48 Å². The summed E-state index contributed by atoms with van der Waals surface area (Å²) in [5.41, 5.74) is -0.0854. The minimum Gasteiger partial charge on any atom is -0.391 e. The Labute approximate surface area is 134 Å². The molecule has 0 bridgehead atoms. The van der Waals surface area contributed by atoms with Crippen LogP contribution in [0.4, 0.5) is 5.82 Å². The Kier molecular flexibility index (Phi) is 3.65. The summed E-state index contributed by atoms with van der Waals surface area (Å²) in [6.45, 7) is 0.788. The van der Waals surface area contributed by atoms with E-state index < -0.39 is 6.10 Å². The van der Waals surface area contributed by atoms with Gasteiger partial charge < -0.3 is 15.0 Å². The minimum atomic E-state index is -0.466. The van der Waals surface area contributed by atoms with Gasteiger partial charge in [0, 0.05) is 37.4 Å². The van der Waals surface area contributed by atoms with Crippen LogP contribution >= 0.6 is 0 Å². The maximum absolute atomic E-state index is 12.4.